The highest BCUT2D eigenvalue weighted by Gasteiger charge is 2.18. The van der Waals surface area contributed by atoms with E-state index in [9.17, 15) is 4.79 Å². The van der Waals surface area contributed by atoms with E-state index in [1.807, 2.05) is 17.0 Å². The van der Waals surface area contributed by atoms with E-state index in [-0.39, 0.29) is 6.03 Å². The van der Waals surface area contributed by atoms with Crippen molar-refractivity contribution in [3.8, 4) is 0 Å². The molecule has 1 aromatic rings. The fourth-order valence-electron chi connectivity index (χ4n) is 2.20. The lowest BCUT2D eigenvalue weighted by Gasteiger charge is -2.21. The molecule has 2 amide bonds. The highest BCUT2D eigenvalue weighted by molar-refractivity contribution is 6.30. The molecule has 2 rings (SSSR count). The van der Waals surface area contributed by atoms with Gasteiger partial charge in [0.05, 0.1) is 0 Å². The van der Waals surface area contributed by atoms with Gasteiger partial charge in [0.2, 0.25) is 0 Å². The fraction of sp³-hybridized carbons (Fsp3) is 0.500. The number of hydrogen-bond donors (Lipinski definition) is 1. The van der Waals surface area contributed by atoms with Crippen LogP contribution >= 0.6 is 11.6 Å². The average Bonchev–Trinajstić information content (AvgIpc) is 2.57. The molecule has 0 bridgehead atoms. The SMILES string of the molecule is CC1CCCN(C(=O)Nc2ccc(Cl)cc2)CC1. The molecule has 0 aliphatic carbocycles. The van der Waals surface area contributed by atoms with Crippen molar-refractivity contribution in [1.29, 1.82) is 0 Å². The smallest absolute Gasteiger partial charge is 0.321 e. The van der Waals surface area contributed by atoms with Gasteiger partial charge in [-0.2, -0.15) is 0 Å². The Bertz CT molecular complexity index is 405. The third-order valence-corrected chi connectivity index (χ3v) is 3.65. The van der Waals surface area contributed by atoms with E-state index >= 15 is 0 Å². The number of carbonyl (C=O) groups excluding carboxylic acids is 1. The highest BCUT2D eigenvalue weighted by atomic mass is 35.5. The molecule has 1 aliphatic rings. The van der Waals surface area contributed by atoms with Crippen LogP contribution in [0.25, 0.3) is 0 Å². The standard InChI is InChI=1S/C14H19ClN2O/c1-11-3-2-9-17(10-8-11)14(18)16-13-6-4-12(15)5-7-13/h4-7,11H,2-3,8-10H2,1H3,(H,16,18). The van der Waals surface area contributed by atoms with Gasteiger partial charge in [-0.25, -0.2) is 4.79 Å². The maximum Gasteiger partial charge on any atom is 0.321 e. The second kappa shape index (κ2) is 6.10. The van der Waals surface area contributed by atoms with Crippen LogP contribution in [-0.4, -0.2) is 24.0 Å². The summed E-state index contributed by atoms with van der Waals surface area (Å²) in [5, 5.41) is 3.59. The van der Waals surface area contributed by atoms with Crippen LogP contribution < -0.4 is 5.32 Å². The summed E-state index contributed by atoms with van der Waals surface area (Å²) in [7, 11) is 0. The number of likely N-dealkylation sites (tertiary alicyclic amines) is 1. The average molecular weight is 267 g/mol. The largest absolute Gasteiger partial charge is 0.325 e. The van der Waals surface area contributed by atoms with Crippen molar-refractivity contribution in [1.82, 2.24) is 4.90 Å². The van der Waals surface area contributed by atoms with Crippen LogP contribution in [0.2, 0.25) is 5.02 Å². The molecule has 0 spiro atoms. The molecule has 3 nitrogen and oxygen atoms in total. The van der Waals surface area contributed by atoms with Crippen LogP contribution in [0.15, 0.2) is 24.3 Å². The van der Waals surface area contributed by atoms with Crippen molar-refractivity contribution in [2.45, 2.75) is 26.2 Å². The predicted molar refractivity (Wildman–Crippen MR) is 75.1 cm³/mol. The number of nitrogens with one attached hydrogen (secondary N) is 1. The topological polar surface area (TPSA) is 32.3 Å². The zero-order chi connectivity index (χ0) is 13.0. The third-order valence-electron chi connectivity index (χ3n) is 3.40. The van der Waals surface area contributed by atoms with E-state index in [4.69, 9.17) is 11.6 Å². The molecule has 0 aromatic heterocycles. The summed E-state index contributed by atoms with van der Waals surface area (Å²) in [4.78, 5) is 14.0. The van der Waals surface area contributed by atoms with E-state index in [1.165, 1.54) is 6.42 Å². The first-order valence-electron chi connectivity index (χ1n) is 6.46. The lowest BCUT2D eigenvalue weighted by atomic mass is 10.0. The number of nitrogens with zero attached hydrogens (tertiary/aromatic N) is 1. The summed E-state index contributed by atoms with van der Waals surface area (Å²) in [6.45, 7) is 3.95. The van der Waals surface area contributed by atoms with Crippen LogP contribution in [0.4, 0.5) is 10.5 Å². The maximum absolute atomic E-state index is 12.1. The lowest BCUT2D eigenvalue weighted by molar-refractivity contribution is 0.213. The molecule has 1 N–H and O–H groups in total. The minimum atomic E-state index is -0.00794. The minimum absolute atomic E-state index is 0.00794. The summed E-state index contributed by atoms with van der Waals surface area (Å²) in [6.07, 6.45) is 3.40. The second-order valence-corrected chi connectivity index (χ2v) is 5.40. The molecule has 1 unspecified atom stereocenters. The van der Waals surface area contributed by atoms with Gasteiger partial charge in [0, 0.05) is 23.8 Å². The number of urea groups is 1. The number of carbonyl (C=O) groups is 1. The van der Waals surface area contributed by atoms with Gasteiger partial charge in [0.15, 0.2) is 0 Å². The van der Waals surface area contributed by atoms with E-state index in [0.29, 0.717) is 5.02 Å². The van der Waals surface area contributed by atoms with Gasteiger partial charge in [0.1, 0.15) is 0 Å². The number of amides is 2. The molecule has 1 atom stereocenters. The molecule has 98 valence electrons. The lowest BCUT2D eigenvalue weighted by Crippen LogP contribution is -2.35. The summed E-state index contributed by atoms with van der Waals surface area (Å²) in [5.41, 5.74) is 0.793. The Kier molecular flexibility index (Phi) is 4.48. The molecular weight excluding hydrogens is 248 g/mol. The van der Waals surface area contributed by atoms with Gasteiger partial charge in [-0.3, -0.25) is 0 Å². The molecule has 1 fully saturated rings. The van der Waals surface area contributed by atoms with Gasteiger partial charge >= 0.3 is 6.03 Å². The van der Waals surface area contributed by atoms with Crippen molar-refractivity contribution in [2.24, 2.45) is 5.92 Å². The van der Waals surface area contributed by atoms with Crippen LogP contribution in [0.3, 0.4) is 0 Å². The second-order valence-electron chi connectivity index (χ2n) is 4.96. The zero-order valence-electron chi connectivity index (χ0n) is 10.7. The summed E-state index contributed by atoms with van der Waals surface area (Å²) < 4.78 is 0. The van der Waals surface area contributed by atoms with Crippen LogP contribution in [0.1, 0.15) is 26.2 Å². The molecule has 1 aromatic carbocycles. The molecule has 0 saturated carbocycles. The first-order chi connectivity index (χ1) is 8.65. The number of benzene rings is 1. The third kappa shape index (κ3) is 3.64. The van der Waals surface area contributed by atoms with Crippen molar-refractivity contribution >= 4 is 23.3 Å². The normalized spacial score (nSPS) is 20.3. The fourth-order valence-corrected chi connectivity index (χ4v) is 2.33. The van der Waals surface area contributed by atoms with Crippen LogP contribution in [0, 0.1) is 5.92 Å². The summed E-state index contributed by atoms with van der Waals surface area (Å²) in [5.74, 6) is 0.721. The first-order valence-corrected chi connectivity index (χ1v) is 6.84. The van der Waals surface area contributed by atoms with Gasteiger partial charge in [-0.1, -0.05) is 18.5 Å². The Balaban J connectivity index is 1.92. The van der Waals surface area contributed by atoms with Gasteiger partial charge in [0.25, 0.3) is 0 Å². The Morgan fingerprint density at radius 1 is 1.28 bits per heavy atom. The maximum atomic E-state index is 12.1. The van der Waals surface area contributed by atoms with Crippen LogP contribution in [-0.2, 0) is 0 Å². The summed E-state index contributed by atoms with van der Waals surface area (Å²) in [6, 6.07) is 7.19. The molecule has 18 heavy (non-hydrogen) atoms. The zero-order valence-corrected chi connectivity index (χ0v) is 11.4. The number of hydrogen-bond acceptors (Lipinski definition) is 1. The summed E-state index contributed by atoms with van der Waals surface area (Å²) >= 11 is 5.81. The quantitative estimate of drug-likeness (QED) is 0.819. The molecule has 4 heteroatoms. The Labute approximate surface area is 113 Å². The van der Waals surface area contributed by atoms with Crippen molar-refractivity contribution in [3.63, 3.8) is 0 Å². The van der Waals surface area contributed by atoms with Crippen molar-refractivity contribution < 1.29 is 4.79 Å². The predicted octanol–water partition coefficient (Wildman–Crippen LogP) is 3.99. The van der Waals surface area contributed by atoms with Gasteiger partial charge in [-0.15, -0.1) is 0 Å². The van der Waals surface area contributed by atoms with Crippen molar-refractivity contribution in [2.75, 3.05) is 18.4 Å². The van der Waals surface area contributed by atoms with Gasteiger partial charge < -0.3 is 10.2 Å². The minimum Gasteiger partial charge on any atom is -0.325 e. The molecule has 1 aliphatic heterocycles. The van der Waals surface area contributed by atoms with Crippen LogP contribution in [0.5, 0.6) is 0 Å². The first kappa shape index (κ1) is 13.2. The Morgan fingerprint density at radius 3 is 2.72 bits per heavy atom. The Morgan fingerprint density at radius 2 is 2.00 bits per heavy atom. The molecule has 0 radical (unpaired) electrons. The monoisotopic (exact) mass is 266 g/mol. The van der Waals surface area contributed by atoms with Crippen molar-refractivity contribution in [3.05, 3.63) is 29.3 Å². The number of rotatable bonds is 1. The van der Waals surface area contributed by atoms with E-state index in [0.717, 1.165) is 37.5 Å². The molecular formula is C14H19ClN2O. The van der Waals surface area contributed by atoms with E-state index in [2.05, 4.69) is 12.2 Å². The van der Waals surface area contributed by atoms with Gasteiger partial charge in [-0.05, 0) is 49.4 Å². The molecule has 1 heterocycles. The van der Waals surface area contributed by atoms with E-state index < -0.39 is 0 Å². The Hall–Kier alpha value is -1.22. The number of halogens is 1. The van der Waals surface area contributed by atoms with E-state index in [1.54, 1.807) is 12.1 Å². The number of anilines is 1. The highest BCUT2D eigenvalue weighted by Crippen LogP contribution is 2.18. The molecule has 1 saturated heterocycles.